The van der Waals surface area contributed by atoms with Crippen LogP contribution in [0, 0.1) is 33.5 Å². The maximum Gasteiger partial charge on any atom is 0.144 e. The van der Waals surface area contributed by atoms with E-state index in [0.717, 1.165) is 11.3 Å². The van der Waals surface area contributed by atoms with E-state index in [1.54, 1.807) is 13.1 Å². The molecule has 0 aliphatic heterocycles. The predicted molar refractivity (Wildman–Crippen MR) is 67.4 cm³/mol. The third-order valence-electron chi connectivity index (χ3n) is 2.22. The Labute approximate surface area is 102 Å². The first kappa shape index (κ1) is 13.3. The van der Waals surface area contributed by atoms with Crippen LogP contribution in [0.4, 0.5) is 4.39 Å². The Balaban J connectivity index is 0.000000171. The Hall–Kier alpha value is -1.77. The van der Waals surface area contributed by atoms with E-state index >= 15 is 0 Å². The van der Waals surface area contributed by atoms with Crippen LogP contribution >= 0.6 is 0 Å². The summed E-state index contributed by atoms with van der Waals surface area (Å²) in [5.74, 6) is -0.227. The first-order chi connectivity index (χ1) is 7.99. The molecule has 0 spiro atoms. The van der Waals surface area contributed by atoms with Crippen LogP contribution in [0.15, 0.2) is 30.6 Å². The highest BCUT2D eigenvalue weighted by Crippen LogP contribution is 2.03. The monoisotopic (exact) mass is 232 g/mol. The molecule has 90 valence electrons. The molecule has 3 heteroatoms. The van der Waals surface area contributed by atoms with Crippen molar-refractivity contribution < 1.29 is 4.39 Å². The van der Waals surface area contributed by atoms with E-state index in [1.807, 2.05) is 33.0 Å². The molecule has 0 unspecified atom stereocenters. The third-order valence-corrected chi connectivity index (χ3v) is 2.22. The van der Waals surface area contributed by atoms with Gasteiger partial charge in [0.15, 0.2) is 0 Å². The molecule has 2 aromatic rings. The fourth-order valence-electron chi connectivity index (χ4n) is 1.14. The summed E-state index contributed by atoms with van der Waals surface area (Å²) in [6.07, 6.45) is 3.52. The molecular formula is C14H17FN2. The van der Waals surface area contributed by atoms with Crippen LogP contribution in [0.2, 0.25) is 0 Å². The summed E-state index contributed by atoms with van der Waals surface area (Å²) in [4.78, 5) is 7.88. The average Bonchev–Trinajstić information content (AvgIpc) is 2.29. The van der Waals surface area contributed by atoms with Crippen molar-refractivity contribution in [2.24, 2.45) is 0 Å². The first-order valence-corrected chi connectivity index (χ1v) is 5.47. The predicted octanol–water partition coefficient (Wildman–Crippen LogP) is 3.54. The second-order valence-corrected chi connectivity index (χ2v) is 4.06. The van der Waals surface area contributed by atoms with Crippen molar-refractivity contribution in [3.8, 4) is 0 Å². The van der Waals surface area contributed by atoms with Crippen LogP contribution in [-0.4, -0.2) is 9.97 Å². The SMILES string of the molecule is Cc1ccc(C)nc1.Cc1cnc(C)c(F)c1. The molecule has 0 aliphatic carbocycles. The van der Waals surface area contributed by atoms with E-state index in [1.165, 1.54) is 11.6 Å². The zero-order chi connectivity index (χ0) is 12.8. The number of aryl methyl sites for hydroxylation is 4. The van der Waals surface area contributed by atoms with Gasteiger partial charge in [-0.1, -0.05) is 6.07 Å². The third kappa shape index (κ3) is 4.72. The van der Waals surface area contributed by atoms with Crippen molar-refractivity contribution in [2.75, 3.05) is 0 Å². The lowest BCUT2D eigenvalue weighted by molar-refractivity contribution is 0.608. The zero-order valence-corrected chi connectivity index (χ0v) is 10.7. The van der Waals surface area contributed by atoms with Crippen LogP contribution in [0.25, 0.3) is 0 Å². The van der Waals surface area contributed by atoms with Crippen LogP contribution < -0.4 is 0 Å². The lowest BCUT2D eigenvalue weighted by Gasteiger charge is -1.93. The summed E-state index contributed by atoms with van der Waals surface area (Å²) < 4.78 is 12.5. The highest BCUT2D eigenvalue weighted by atomic mass is 19.1. The Morgan fingerprint density at radius 3 is 1.94 bits per heavy atom. The molecule has 0 aliphatic rings. The molecule has 2 heterocycles. The summed E-state index contributed by atoms with van der Waals surface area (Å²) in [5.41, 5.74) is 3.62. The number of hydrogen-bond acceptors (Lipinski definition) is 2. The molecule has 0 atom stereocenters. The number of pyridine rings is 2. The van der Waals surface area contributed by atoms with Gasteiger partial charge in [0.25, 0.3) is 0 Å². The highest BCUT2D eigenvalue weighted by molar-refractivity contribution is 5.13. The zero-order valence-electron chi connectivity index (χ0n) is 10.7. The van der Waals surface area contributed by atoms with Crippen molar-refractivity contribution in [2.45, 2.75) is 27.7 Å². The van der Waals surface area contributed by atoms with Gasteiger partial charge in [0.05, 0.1) is 5.69 Å². The molecular weight excluding hydrogens is 215 g/mol. The molecule has 0 amide bonds. The number of hydrogen-bond donors (Lipinski definition) is 0. The summed E-state index contributed by atoms with van der Waals surface area (Å²) in [6.45, 7) is 7.48. The fraction of sp³-hybridized carbons (Fsp3) is 0.286. The van der Waals surface area contributed by atoms with Gasteiger partial charge in [-0.3, -0.25) is 9.97 Å². The topological polar surface area (TPSA) is 25.8 Å². The minimum atomic E-state index is -0.227. The van der Waals surface area contributed by atoms with E-state index in [2.05, 4.69) is 16.0 Å². The van der Waals surface area contributed by atoms with Crippen molar-refractivity contribution in [1.29, 1.82) is 0 Å². The lowest BCUT2D eigenvalue weighted by atomic mass is 10.3. The Bertz CT molecular complexity index is 457. The molecule has 0 saturated carbocycles. The van der Waals surface area contributed by atoms with Crippen molar-refractivity contribution >= 4 is 0 Å². The Morgan fingerprint density at radius 2 is 1.53 bits per heavy atom. The van der Waals surface area contributed by atoms with Crippen molar-refractivity contribution in [3.63, 3.8) is 0 Å². The average molecular weight is 232 g/mol. The first-order valence-electron chi connectivity index (χ1n) is 5.47. The van der Waals surface area contributed by atoms with Gasteiger partial charge in [-0.2, -0.15) is 0 Å². The summed E-state index contributed by atoms with van der Waals surface area (Å²) in [5, 5.41) is 0. The molecule has 0 N–H and O–H groups in total. The van der Waals surface area contributed by atoms with E-state index in [0.29, 0.717) is 5.69 Å². The summed E-state index contributed by atoms with van der Waals surface area (Å²) in [7, 11) is 0. The number of halogens is 1. The molecule has 0 saturated heterocycles. The second kappa shape index (κ2) is 6.09. The lowest BCUT2D eigenvalue weighted by Crippen LogP contribution is -1.87. The normalized spacial score (nSPS) is 9.47. The Morgan fingerprint density at radius 1 is 0.882 bits per heavy atom. The largest absolute Gasteiger partial charge is 0.261 e. The van der Waals surface area contributed by atoms with E-state index in [9.17, 15) is 4.39 Å². The van der Waals surface area contributed by atoms with Gasteiger partial charge in [0.1, 0.15) is 5.82 Å². The van der Waals surface area contributed by atoms with Gasteiger partial charge in [-0.05, 0) is 51.0 Å². The number of aromatic nitrogens is 2. The van der Waals surface area contributed by atoms with Gasteiger partial charge in [0.2, 0.25) is 0 Å². The standard InChI is InChI=1S/C7H8FN.C7H9N/c1-5-3-7(8)6(2)9-4-5;1-6-3-4-7(2)8-5-6/h3-4H,1-2H3;3-5H,1-2H3. The van der Waals surface area contributed by atoms with Crippen LogP contribution in [0.5, 0.6) is 0 Å². The van der Waals surface area contributed by atoms with Gasteiger partial charge in [0, 0.05) is 18.1 Å². The molecule has 2 rings (SSSR count). The minimum absolute atomic E-state index is 0.227. The van der Waals surface area contributed by atoms with E-state index in [-0.39, 0.29) is 5.82 Å². The maximum absolute atomic E-state index is 12.5. The molecule has 0 radical (unpaired) electrons. The molecule has 2 aromatic heterocycles. The fourth-order valence-corrected chi connectivity index (χ4v) is 1.14. The summed E-state index contributed by atoms with van der Waals surface area (Å²) >= 11 is 0. The number of rotatable bonds is 0. The van der Waals surface area contributed by atoms with Crippen LogP contribution in [0.3, 0.4) is 0 Å². The maximum atomic E-state index is 12.5. The smallest absolute Gasteiger partial charge is 0.144 e. The molecule has 0 bridgehead atoms. The van der Waals surface area contributed by atoms with Gasteiger partial charge in [-0.25, -0.2) is 4.39 Å². The second-order valence-electron chi connectivity index (χ2n) is 4.06. The van der Waals surface area contributed by atoms with Gasteiger partial charge >= 0.3 is 0 Å². The van der Waals surface area contributed by atoms with E-state index in [4.69, 9.17) is 0 Å². The van der Waals surface area contributed by atoms with Gasteiger partial charge < -0.3 is 0 Å². The van der Waals surface area contributed by atoms with E-state index < -0.39 is 0 Å². The summed E-state index contributed by atoms with van der Waals surface area (Å²) in [6, 6.07) is 5.54. The van der Waals surface area contributed by atoms with Crippen LogP contribution in [-0.2, 0) is 0 Å². The van der Waals surface area contributed by atoms with Gasteiger partial charge in [-0.15, -0.1) is 0 Å². The minimum Gasteiger partial charge on any atom is -0.261 e. The molecule has 2 nitrogen and oxygen atoms in total. The highest BCUT2D eigenvalue weighted by Gasteiger charge is 1.94. The van der Waals surface area contributed by atoms with Crippen LogP contribution in [0.1, 0.15) is 22.5 Å². The molecule has 17 heavy (non-hydrogen) atoms. The number of nitrogens with zero attached hydrogens (tertiary/aromatic N) is 2. The quantitative estimate of drug-likeness (QED) is 0.694. The molecule has 0 aromatic carbocycles. The van der Waals surface area contributed by atoms with Crippen molar-refractivity contribution in [1.82, 2.24) is 9.97 Å². The van der Waals surface area contributed by atoms with Crippen molar-refractivity contribution in [3.05, 3.63) is 58.9 Å². The Kier molecular flexibility index (Phi) is 4.76. The molecule has 0 fully saturated rings.